The predicted octanol–water partition coefficient (Wildman–Crippen LogP) is 5.94. The summed E-state index contributed by atoms with van der Waals surface area (Å²) in [6, 6.07) is 0. The molecule has 1 fully saturated rings. The van der Waals surface area contributed by atoms with Gasteiger partial charge in [-0.1, -0.05) is 58.8 Å². The van der Waals surface area contributed by atoms with Gasteiger partial charge >= 0.3 is 12.3 Å². The molecule has 0 aromatic carbocycles. The van der Waals surface area contributed by atoms with E-state index in [0.29, 0.717) is 26.1 Å². The zero-order chi connectivity index (χ0) is 21.3. The number of carbonyl (C=O) groups is 2. The fourth-order valence-electron chi connectivity index (χ4n) is 3.55. The number of hydrogen-bond donors (Lipinski definition) is 1. The summed E-state index contributed by atoms with van der Waals surface area (Å²) < 4.78 is 20.5. The van der Waals surface area contributed by atoms with Crippen LogP contribution in [0.25, 0.3) is 0 Å². The summed E-state index contributed by atoms with van der Waals surface area (Å²) >= 11 is 0. The lowest BCUT2D eigenvalue weighted by Crippen LogP contribution is -2.37. The van der Waals surface area contributed by atoms with Crippen molar-refractivity contribution in [3.05, 3.63) is 0 Å². The zero-order valence-corrected chi connectivity index (χ0v) is 18.2. The van der Waals surface area contributed by atoms with Crippen LogP contribution >= 0.6 is 0 Å². The van der Waals surface area contributed by atoms with Gasteiger partial charge in [0.15, 0.2) is 0 Å². The summed E-state index contributed by atoms with van der Waals surface area (Å²) in [5, 5.41) is 8.75. The molecular weight excluding hydrogens is 376 g/mol. The topological polar surface area (TPSA) is 91.3 Å². The quantitative estimate of drug-likeness (QED) is 0.261. The molecule has 0 radical (unpaired) electrons. The fraction of sp³-hybridized carbons (Fsp3) is 0.909. The van der Waals surface area contributed by atoms with Gasteiger partial charge in [0.1, 0.15) is 18.8 Å². The first-order valence-corrected chi connectivity index (χ1v) is 11.3. The van der Waals surface area contributed by atoms with Gasteiger partial charge in [0.2, 0.25) is 0 Å². The molecule has 1 saturated carbocycles. The van der Waals surface area contributed by atoms with Crippen molar-refractivity contribution in [2.45, 2.75) is 103 Å². The monoisotopic (exact) mass is 416 g/mol. The molecule has 29 heavy (non-hydrogen) atoms. The summed E-state index contributed by atoms with van der Waals surface area (Å²) in [6.45, 7) is 5.69. The molecule has 2 atom stereocenters. The third-order valence-corrected chi connectivity index (χ3v) is 5.16. The smallest absolute Gasteiger partial charge is 0.450 e. The molecule has 0 aromatic rings. The van der Waals surface area contributed by atoms with Gasteiger partial charge in [-0.05, 0) is 38.0 Å². The Labute approximate surface area is 175 Å². The Morgan fingerprint density at radius 1 is 0.828 bits per heavy atom. The lowest BCUT2D eigenvalue weighted by atomic mass is 9.95. The standard InChI is InChI=1S/C22H40O7/c1-18(2)12-8-6-4-3-5-7-11-15-26-16-17-27-22(25)29-20-14-10-9-13-19(20)28-21(23)24/h18-20H,3-17H2,1-2H3,(H,23,24). The third-order valence-electron chi connectivity index (χ3n) is 5.16. The van der Waals surface area contributed by atoms with Crippen molar-refractivity contribution in [1.82, 2.24) is 0 Å². The van der Waals surface area contributed by atoms with Gasteiger partial charge in [-0.3, -0.25) is 0 Å². The summed E-state index contributed by atoms with van der Waals surface area (Å²) in [6.07, 6.45) is 9.62. The van der Waals surface area contributed by atoms with Gasteiger partial charge in [0.25, 0.3) is 0 Å². The Bertz CT molecular complexity index is 439. The number of rotatable bonds is 15. The van der Waals surface area contributed by atoms with Crippen LogP contribution in [0, 0.1) is 5.92 Å². The van der Waals surface area contributed by atoms with Gasteiger partial charge in [0.05, 0.1) is 6.61 Å². The van der Waals surface area contributed by atoms with E-state index in [4.69, 9.17) is 24.1 Å². The van der Waals surface area contributed by atoms with Crippen LogP contribution in [0.2, 0.25) is 0 Å². The Balaban J connectivity index is 1.93. The number of unbranched alkanes of at least 4 members (excludes halogenated alkanes) is 6. The predicted molar refractivity (Wildman–Crippen MR) is 110 cm³/mol. The van der Waals surface area contributed by atoms with Crippen molar-refractivity contribution in [2.75, 3.05) is 19.8 Å². The van der Waals surface area contributed by atoms with Gasteiger partial charge in [-0.15, -0.1) is 0 Å². The summed E-state index contributed by atoms with van der Waals surface area (Å²) in [4.78, 5) is 22.5. The highest BCUT2D eigenvalue weighted by atomic mass is 16.7. The number of carbonyl (C=O) groups excluding carboxylic acids is 1. The molecule has 0 amide bonds. The van der Waals surface area contributed by atoms with Crippen molar-refractivity contribution in [3.8, 4) is 0 Å². The zero-order valence-electron chi connectivity index (χ0n) is 18.2. The maximum atomic E-state index is 11.8. The summed E-state index contributed by atoms with van der Waals surface area (Å²) in [5.41, 5.74) is 0. The summed E-state index contributed by atoms with van der Waals surface area (Å²) in [5.74, 6) is 0.813. The molecule has 170 valence electrons. The van der Waals surface area contributed by atoms with Crippen LogP contribution in [-0.4, -0.2) is 49.4 Å². The SMILES string of the molecule is CC(C)CCCCCCCCCOCCOC(=O)OC1CCCCC1OC(=O)O. The van der Waals surface area contributed by atoms with E-state index >= 15 is 0 Å². The average Bonchev–Trinajstić information content (AvgIpc) is 2.66. The van der Waals surface area contributed by atoms with Crippen molar-refractivity contribution in [1.29, 1.82) is 0 Å². The Morgan fingerprint density at radius 3 is 2.03 bits per heavy atom. The van der Waals surface area contributed by atoms with E-state index in [0.717, 1.165) is 25.2 Å². The van der Waals surface area contributed by atoms with E-state index in [-0.39, 0.29) is 6.61 Å². The largest absolute Gasteiger partial charge is 0.508 e. The molecule has 2 unspecified atom stereocenters. The minimum absolute atomic E-state index is 0.131. The molecular formula is C22H40O7. The van der Waals surface area contributed by atoms with E-state index < -0.39 is 24.5 Å². The second-order valence-corrected chi connectivity index (χ2v) is 8.23. The first kappa shape index (κ1) is 25.5. The first-order valence-electron chi connectivity index (χ1n) is 11.3. The maximum absolute atomic E-state index is 11.8. The van der Waals surface area contributed by atoms with Crippen LogP contribution < -0.4 is 0 Å². The first-order chi connectivity index (χ1) is 14.0. The second kappa shape index (κ2) is 16.3. The molecule has 0 bridgehead atoms. The third kappa shape index (κ3) is 14.2. The van der Waals surface area contributed by atoms with Crippen molar-refractivity contribution in [3.63, 3.8) is 0 Å². The van der Waals surface area contributed by atoms with Gasteiger partial charge < -0.3 is 24.1 Å². The van der Waals surface area contributed by atoms with E-state index in [1.807, 2.05) is 0 Å². The van der Waals surface area contributed by atoms with Gasteiger partial charge in [-0.2, -0.15) is 0 Å². The minimum Gasteiger partial charge on any atom is -0.450 e. The van der Waals surface area contributed by atoms with Crippen molar-refractivity contribution < 1.29 is 33.6 Å². The highest BCUT2D eigenvalue weighted by Gasteiger charge is 2.31. The van der Waals surface area contributed by atoms with Crippen molar-refractivity contribution in [2.24, 2.45) is 5.92 Å². The molecule has 7 nitrogen and oxygen atoms in total. The highest BCUT2D eigenvalue weighted by Crippen LogP contribution is 2.24. The normalized spacial score (nSPS) is 19.1. The molecule has 0 heterocycles. The minimum atomic E-state index is -1.35. The van der Waals surface area contributed by atoms with Crippen LogP contribution in [0.3, 0.4) is 0 Å². The van der Waals surface area contributed by atoms with Crippen LogP contribution in [0.5, 0.6) is 0 Å². The van der Waals surface area contributed by atoms with Crippen LogP contribution in [0.15, 0.2) is 0 Å². The second-order valence-electron chi connectivity index (χ2n) is 8.23. The van der Waals surface area contributed by atoms with Gasteiger partial charge in [-0.25, -0.2) is 9.59 Å². The van der Waals surface area contributed by atoms with Gasteiger partial charge in [0, 0.05) is 6.61 Å². The Hall–Kier alpha value is -1.50. The van der Waals surface area contributed by atoms with E-state index in [1.54, 1.807) is 0 Å². The molecule has 1 N–H and O–H groups in total. The fourth-order valence-corrected chi connectivity index (χ4v) is 3.55. The van der Waals surface area contributed by atoms with Crippen LogP contribution in [-0.2, 0) is 18.9 Å². The van der Waals surface area contributed by atoms with Crippen LogP contribution in [0.1, 0.15) is 90.9 Å². The highest BCUT2D eigenvalue weighted by molar-refractivity contribution is 5.60. The molecule has 0 spiro atoms. The summed E-state index contributed by atoms with van der Waals surface area (Å²) in [7, 11) is 0. The molecule has 0 aromatic heterocycles. The Kier molecular flexibility index (Phi) is 14.4. The van der Waals surface area contributed by atoms with Crippen molar-refractivity contribution >= 4 is 12.3 Å². The molecule has 7 heteroatoms. The molecule has 1 aliphatic carbocycles. The van der Waals surface area contributed by atoms with E-state index in [1.165, 1.54) is 44.9 Å². The van der Waals surface area contributed by atoms with E-state index in [2.05, 4.69) is 13.8 Å². The molecule has 0 saturated heterocycles. The number of hydrogen-bond acceptors (Lipinski definition) is 6. The lowest BCUT2D eigenvalue weighted by molar-refractivity contribution is -0.0678. The number of ether oxygens (including phenoxy) is 4. The molecule has 0 aliphatic heterocycles. The number of carboxylic acid groups (broad SMARTS) is 1. The Morgan fingerprint density at radius 2 is 1.41 bits per heavy atom. The van der Waals surface area contributed by atoms with E-state index in [9.17, 15) is 9.59 Å². The molecule has 1 aliphatic rings. The molecule has 1 rings (SSSR count). The lowest BCUT2D eigenvalue weighted by Gasteiger charge is -2.29. The maximum Gasteiger partial charge on any atom is 0.508 e. The van der Waals surface area contributed by atoms with Crippen LogP contribution in [0.4, 0.5) is 9.59 Å². The average molecular weight is 417 g/mol.